The van der Waals surface area contributed by atoms with Gasteiger partial charge in [-0.25, -0.2) is 0 Å². The van der Waals surface area contributed by atoms with Gasteiger partial charge in [0.05, 0.1) is 0 Å². The third-order valence-electron chi connectivity index (χ3n) is 3.96. The third-order valence-corrected chi connectivity index (χ3v) is 4.54. The summed E-state index contributed by atoms with van der Waals surface area (Å²) >= 11 is 12.0. The maximum atomic E-state index is 12.3. The molecule has 2 N–H and O–H groups in total. The van der Waals surface area contributed by atoms with Crippen molar-refractivity contribution in [3.63, 3.8) is 0 Å². The van der Waals surface area contributed by atoms with E-state index in [1.165, 1.54) is 0 Å². The lowest BCUT2D eigenvalue weighted by molar-refractivity contribution is -0.116. The Kier molecular flexibility index (Phi) is 5.07. The summed E-state index contributed by atoms with van der Waals surface area (Å²) < 4.78 is 0. The Morgan fingerprint density at radius 1 is 1.12 bits per heavy atom. The van der Waals surface area contributed by atoms with Crippen molar-refractivity contribution in [3.05, 3.63) is 63.1 Å². The van der Waals surface area contributed by atoms with Crippen LogP contribution in [0.3, 0.4) is 0 Å². The van der Waals surface area contributed by atoms with Gasteiger partial charge in [-0.15, -0.1) is 0 Å². The van der Waals surface area contributed by atoms with E-state index in [9.17, 15) is 9.59 Å². The van der Waals surface area contributed by atoms with Crippen molar-refractivity contribution in [2.75, 3.05) is 11.9 Å². The number of nitrogens with one attached hydrogen (secondary N) is 2. The van der Waals surface area contributed by atoms with Crippen molar-refractivity contribution < 1.29 is 9.59 Å². The van der Waals surface area contributed by atoms with Gasteiger partial charge in [0.15, 0.2) is 0 Å². The Hall–Kier alpha value is -2.04. The van der Waals surface area contributed by atoms with E-state index in [0.29, 0.717) is 41.4 Å². The molecule has 0 atom stereocenters. The van der Waals surface area contributed by atoms with Gasteiger partial charge >= 0.3 is 0 Å². The molecule has 0 saturated heterocycles. The van der Waals surface area contributed by atoms with Crippen molar-refractivity contribution >= 4 is 40.7 Å². The number of rotatable bonds is 4. The van der Waals surface area contributed by atoms with Crippen molar-refractivity contribution in [2.45, 2.75) is 19.3 Å². The molecule has 0 saturated carbocycles. The summed E-state index contributed by atoms with van der Waals surface area (Å²) in [7, 11) is 0. The molecule has 0 aliphatic carbocycles. The van der Waals surface area contributed by atoms with Gasteiger partial charge < -0.3 is 10.6 Å². The number of hydrogen-bond donors (Lipinski definition) is 2. The van der Waals surface area contributed by atoms with E-state index >= 15 is 0 Å². The van der Waals surface area contributed by atoms with Crippen LogP contribution >= 0.6 is 23.2 Å². The summed E-state index contributed by atoms with van der Waals surface area (Å²) in [6, 6.07) is 10.7. The Labute approximate surface area is 150 Å². The molecule has 0 unspecified atom stereocenters. The van der Waals surface area contributed by atoms with Crippen LogP contribution in [0, 0.1) is 0 Å². The fourth-order valence-electron chi connectivity index (χ4n) is 2.66. The first kappa shape index (κ1) is 16.8. The zero-order chi connectivity index (χ0) is 17.1. The van der Waals surface area contributed by atoms with Gasteiger partial charge in [-0.05, 0) is 54.3 Å². The molecule has 0 fully saturated rings. The fraction of sp³-hybridized carbons (Fsp3) is 0.222. The quantitative estimate of drug-likeness (QED) is 0.867. The van der Waals surface area contributed by atoms with Crippen LogP contribution in [-0.4, -0.2) is 18.4 Å². The molecule has 2 aromatic carbocycles. The summed E-state index contributed by atoms with van der Waals surface area (Å²) in [4.78, 5) is 23.6. The second-order valence-corrected chi connectivity index (χ2v) is 6.51. The van der Waals surface area contributed by atoms with Crippen LogP contribution in [0.5, 0.6) is 0 Å². The van der Waals surface area contributed by atoms with Gasteiger partial charge in [0.1, 0.15) is 0 Å². The minimum absolute atomic E-state index is 0.0135. The Morgan fingerprint density at radius 3 is 2.75 bits per heavy atom. The number of carbonyl (C=O) groups excluding carboxylic acids is 2. The SMILES string of the molecule is O=C1CCc2cc(C(=O)NCCc3ccc(Cl)cc3Cl)ccc2N1. The monoisotopic (exact) mass is 362 g/mol. The standard InChI is InChI=1S/C18H16Cl2N2O2/c19-14-4-1-11(15(20)10-14)7-8-21-18(24)13-2-5-16-12(9-13)3-6-17(23)22-16/h1-2,4-5,9-10H,3,6-8H2,(H,21,24)(H,22,23). The molecule has 0 radical (unpaired) electrons. The first-order chi connectivity index (χ1) is 11.5. The first-order valence-corrected chi connectivity index (χ1v) is 8.43. The molecule has 4 nitrogen and oxygen atoms in total. The number of carbonyl (C=O) groups is 2. The number of hydrogen-bond acceptors (Lipinski definition) is 2. The van der Waals surface area contributed by atoms with Crippen LogP contribution in [0.25, 0.3) is 0 Å². The highest BCUT2D eigenvalue weighted by Gasteiger charge is 2.16. The molecule has 24 heavy (non-hydrogen) atoms. The van der Waals surface area contributed by atoms with Crippen LogP contribution in [0.15, 0.2) is 36.4 Å². The molecule has 6 heteroatoms. The minimum atomic E-state index is -0.139. The predicted octanol–water partition coefficient (Wildman–Crippen LogP) is 3.85. The minimum Gasteiger partial charge on any atom is -0.352 e. The molecule has 1 aliphatic rings. The summed E-state index contributed by atoms with van der Waals surface area (Å²) in [5.41, 5.74) is 3.31. The molecule has 1 heterocycles. The molecular formula is C18H16Cl2N2O2. The van der Waals surface area contributed by atoms with Crippen molar-refractivity contribution in [1.29, 1.82) is 0 Å². The van der Waals surface area contributed by atoms with E-state index in [0.717, 1.165) is 16.8 Å². The van der Waals surface area contributed by atoms with Crippen molar-refractivity contribution in [1.82, 2.24) is 5.32 Å². The van der Waals surface area contributed by atoms with Crippen LogP contribution in [0.4, 0.5) is 5.69 Å². The van der Waals surface area contributed by atoms with Gasteiger partial charge in [0, 0.05) is 34.3 Å². The van der Waals surface area contributed by atoms with Crippen LogP contribution in [-0.2, 0) is 17.6 Å². The van der Waals surface area contributed by atoms with E-state index in [1.807, 2.05) is 12.1 Å². The molecule has 0 bridgehead atoms. The van der Waals surface area contributed by atoms with E-state index in [-0.39, 0.29) is 11.8 Å². The van der Waals surface area contributed by atoms with E-state index in [1.54, 1.807) is 24.3 Å². The Morgan fingerprint density at radius 2 is 1.96 bits per heavy atom. The predicted molar refractivity (Wildman–Crippen MR) is 95.9 cm³/mol. The Bertz CT molecular complexity index is 806. The lowest BCUT2D eigenvalue weighted by atomic mass is 10.00. The molecule has 3 rings (SSSR count). The lowest BCUT2D eigenvalue weighted by Crippen LogP contribution is -2.26. The maximum Gasteiger partial charge on any atom is 0.251 e. The fourth-order valence-corrected chi connectivity index (χ4v) is 3.16. The highest BCUT2D eigenvalue weighted by Crippen LogP contribution is 2.24. The second kappa shape index (κ2) is 7.24. The summed E-state index contributed by atoms with van der Waals surface area (Å²) in [6.45, 7) is 0.480. The molecule has 0 aromatic heterocycles. The zero-order valence-electron chi connectivity index (χ0n) is 12.9. The molecule has 2 amide bonds. The topological polar surface area (TPSA) is 58.2 Å². The smallest absolute Gasteiger partial charge is 0.251 e. The summed E-state index contributed by atoms with van der Waals surface area (Å²) in [5, 5.41) is 6.88. The number of fused-ring (bicyclic) bond motifs is 1. The van der Waals surface area contributed by atoms with Gasteiger partial charge in [-0.1, -0.05) is 29.3 Å². The molecule has 1 aliphatic heterocycles. The largest absolute Gasteiger partial charge is 0.352 e. The van der Waals surface area contributed by atoms with Crippen LogP contribution in [0.1, 0.15) is 27.9 Å². The lowest BCUT2D eigenvalue weighted by Gasteiger charge is -2.17. The number of amides is 2. The maximum absolute atomic E-state index is 12.3. The normalized spacial score (nSPS) is 13.2. The summed E-state index contributed by atoms with van der Waals surface area (Å²) in [5.74, 6) is -0.126. The molecule has 2 aromatic rings. The molecule has 0 spiro atoms. The van der Waals surface area contributed by atoms with Crippen LogP contribution in [0.2, 0.25) is 10.0 Å². The van der Waals surface area contributed by atoms with Gasteiger partial charge in [0.25, 0.3) is 5.91 Å². The average molecular weight is 363 g/mol. The van der Waals surface area contributed by atoms with Crippen LogP contribution < -0.4 is 10.6 Å². The summed E-state index contributed by atoms with van der Waals surface area (Å²) in [6.07, 6.45) is 1.73. The van der Waals surface area contributed by atoms with E-state index in [4.69, 9.17) is 23.2 Å². The average Bonchev–Trinajstić information content (AvgIpc) is 2.56. The zero-order valence-corrected chi connectivity index (χ0v) is 14.4. The van der Waals surface area contributed by atoms with E-state index in [2.05, 4.69) is 10.6 Å². The van der Waals surface area contributed by atoms with Gasteiger partial charge in [-0.2, -0.15) is 0 Å². The number of halogens is 2. The van der Waals surface area contributed by atoms with Crippen molar-refractivity contribution in [2.24, 2.45) is 0 Å². The second-order valence-electron chi connectivity index (χ2n) is 5.66. The molecular weight excluding hydrogens is 347 g/mol. The van der Waals surface area contributed by atoms with Crippen molar-refractivity contribution in [3.8, 4) is 0 Å². The number of aryl methyl sites for hydroxylation is 1. The highest BCUT2D eigenvalue weighted by molar-refractivity contribution is 6.35. The number of anilines is 1. The first-order valence-electron chi connectivity index (χ1n) is 7.68. The highest BCUT2D eigenvalue weighted by atomic mass is 35.5. The number of benzene rings is 2. The van der Waals surface area contributed by atoms with Gasteiger partial charge in [-0.3, -0.25) is 9.59 Å². The third kappa shape index (κ3) is 3.89. The molecule has 124 valence electrons. The Balaban J connectivity index is 1.60. The van der Waals surface area contributed by atoms with E-state index < -0.39 is 0 Å². The van der Waals surface area contributed by atoms with Gasteiger partial charge in [0.2, 0.25) is 5.91 Å².